The lowest BCUT2D eigenvalue weighted by Crippen LogP contribution is -2.20. The third kappa shape index (κ3) is 2.90. The molecule has 1 N–H and O–H groups in total. The fraction of sp³-hybridized carbons (Fsp3) is 0.0769. The minimum atomic E-state index is -1.14. The van der Waals surface area contributed by atoms with Gasteiger partial charge in [-0.05, 0) is 46.3 Å². The highest BCUT2D eigenvalue weighted by molar-refractivity contribution is 9.10. The van der Waals surface area contributed by atoms with E-state index in [1.54, 1.807) is 12.1 Å². The van der Waals surface area contributed by atoms with Crippen molar-refractivity contribution < 1.29 is 14.3 Å². The molecule has 0 fully saturated rings. The van der Waals surface area contributed by atoms with E-state index in [1.165, 1.54) is 22.9 Å². The summed E-state index contributed by atoms with van der Waals surface area (Å²) in [5.41, 5.74) is -0.165. The summed E-state index contributed by atoms with van der Waals surface area (Å²) in [6.45, 7) is -0.0226. The third-order valence-corrected chi connectivity index (χ3v) is 3.21. The second-order valence-electron chi connectivity index (χ2n) is 3.90. The van der Waals surface area contributed by atoms with E-state index in [4.69, 9.17) is 5.11 Å². The molecule has 2 rings (SSSR count). The standard InChI is InChI=1S/C13H9BrFNO3/c14-10-2-1-5-16(12(10)17)7-9-6-8(13(18)19)3-4-11(9)15/h1-6H,7H2,(H,18,19). The molecule has 1 aromatic carbocycles. The Morgan fingerprint density at radius 1 is 1.37 bits per heavy atom. The first-order valence-corrected chi connectivity index (χ1v) is 6.15. The SMILES string of the molecule is O=C(O)c1ccc(F)c(Cn2cccc(Br)c2=O)c1. The van der Waals surface area contributed by atoms with Crippen LogP contribution in [0.15, 0.2) is 45.8 Å². The number of nitrogens with zero attached hydrogens (tertiary/aromatic N) is 1. The smallest absolute Gasteiger partial charge is 0.335 e. The molecule has 0 atom stereocenters. The highest BCUT2D eigenvalue weighted by Crippen LogP contribution is 2.12. The molecule has 0 aliphatic heterocycles. The molecule has 0 aliphatic carbocycles. The zero-order valence-corrected chi connectivity index (χ0v) is 11.2. The molecule has 0 aliphatic rings. The second-order valence-corrected chi connectivity index (χ2v) is 4.75. The van der Waals surface area contributed by atoms with Crippen LogP contribution < -0.4 is 5.56 Å². The molecular weight excluding hydrogens is 317 g/mol. The number of hydrogen-bond acceptors (Lipinski definition) is 2. The van der Waals surface area contributed by atoms with Crippen molar-refractivity contribution in [2.75, 3.05) is 0 Å². The first-order chi connectivity index (χ1) is 8.99. The summed E-state index contributed by atoms with van der Waals surface area (Å²) in [4.78, 5) is 22.6. The van der Waals surface area contributed by atoms with Crippen LogP contribution in [0.2, 0.25) is 0 Å². The maximum Gasteiger partial charge on any atom is 0.335 e. The van der Waals surface area contributed by atoms with Crippen molar-refractivity contribution in [1.82, 2.24) is 4.57 Å². The topological polar surface area (TPSA) is 59.3 Å². The minimum Gasteiger partial charge on any atom is -0.478 e. The quantitative estimate of drug-likeness (QED) is 0.943. The van der Waals surface area contributed by atoms with Gasteiger partial charge in [0.15, 0.2) is 0 Å². The Hall–Kier alpha value is -1.95. The highest BCUT2D eigenvalue weighted by Gasteiger charge is 2.10. The average molecular weight is 326 g/mol. The monoisotopic (exact) mass is 325 g/mol. The number of pyridine rings is 1. The van der Waals surface area contributed by atoms with Crippen LogP contribution in [0.3, 0.4) is 0 Å². The molecule has 98 valence electrons. The number of carbonyl (C=O) groups is 1. The van der Waals surface area contributed by atoms with Crippen LogP contribution in [0.4, 0.5) is 4.39 Å². The first-order valence-electron chi connectivity index (χ1n) is 5.35. The predicted octanol–water partition coefficient (Wildman–Crippen LogP) is 2.50. The van der Waals surface area contributed by atoms with Gasteiger partial charge in [0.25, 0.3) is 5.56 Å². The molecule has 6 heteroatoms. The lowest BCUT2D eigenvalue weighted by Gasteiger charge is -2.08. The fourth-order valence-electron chi connectivity index (χ4n) is 1.64. The summed E-state index contributed by atoms with van der Waals surface area (Å²) in [5, 5.41) is 8.87. The molecule has 0 amide bonds. The van der Waals surface area contributed by atoms with Crippen LogP contribution in [0.25, 0.3) is 0 Å². The number of rotatable bonds is 3. The van der Waals surface area contributed by atoms with Crippen LogP contribution in [0.5, 0.6) is 0 Å². The number of carboxylic acids is 1. The molecule has 0 spiro atoms. The van der Waals surface area contributed by atoms with Gasteiger partial charge in [0.05, 0.1) is 16.6 Å². The molecule has 1 aromatic heterocycles. The van der Waals surface area contributed by atoms with Gasteiger partial charge in [-0.2, -0.15) is 0 Å². The summed E-state index contributed by atoms with van der Waals surface area (Å²) in [7, 11) is 0. The Balaban J connectivity index is 2.43. The predicted molar refractivity (Wildman–Crippen MR) is 70.9 cm³/mol. The fourth-order valence-corrected chi connectivity index (χ4v) is 2.02. The number of halogens is 2. The van der Waals surface area contributed by atoms with Crippen molar-refractivity contribution in [3.8, 4) is 0 Å². The minimum absolute atomic E-state index is 0.0144. The zero-order valence-electron chi connectivity index (χ0n) is 9.64. The average Bonchev–Trinajstić information content (AvgIpc) is 2.37. The van der Waals surface area contributed by atoms with E-state index in [2.05, 4.69) is 15.9 Å². The van der Waals surface area contributed by atoms with Crippen molar-refractivity contribution >= 4 is 21.9 Å². The summed E-state index contributed by atoms with van der Waals surface area (Å²) in [6.07, 6.45) is 1.51. The van der Waals surface area contributed by atoms with Crippen molar-refractivity contribution in [2.45, 2.75) is 6.54 Å². The maximum atomic E-state index is 13.6. The van der Waals surface area contributed by atoms with Gasteiger partial charge in [-0.1, -0.05) is 0 Å². The van der Waals surface area contributed by atoms with Gasteiger partial charge in [0, 0.05) is 11.8 Å². The molecular formula is C13H9BrFNO3. The molecule has 1 heterocycles. The lowest BCUT2D eigenvalue weighted by molar-refractivity contribution is 0.0696. The third-order valence-electron chi connectivity index (χ3n) is 2.61. The largest absolute Gasteiger partial charge is 0.478 e. The first kappa shape index (κ1) is 13.5. The molecule has 19 heavy (non-hydrogen) atoms. The number of benzene rings is 1. The summed E-state index contributed by atoms with van der Waals surface area (Å²) < 4.78 is 15.3. The molecule has 4 nitrogen and oxygen atoms in total. The highest BCUT2D eigenvalue weighted by atomic mass is 79.9. The maximum absolute atomic E-state index is 13.6. The molecule has 0 radical (unpaired) electrons. The van der Waals surface area contributed by atoms with Crippen molar-refractivity contribution in [1.29, 1.82) is 0 Å². The lowest BCUT2D eigenvalue weighted by atomic mass is 10.1. The number of aromatic carboxylic acids is 1. The Morgan fingerprint density at radius 3 is 2.79 bits per heavy atom. The van der Waals surface area contributed by atoms with Gasteiger partial charge in [-0.25, -0.2) is 9.18 Å². The van der Waals surface area contributed by atoms with Gasteiger partial charge >= 0.3 is 5.97 Å². The molecule has 0 unspecified atom stereocenters. The summed E-state index contributed by atoms with van der Waals surface area (Å²) in [6, 6.07) is 6.73. The van der Waals surface area contributed by atoms with Crippen LogP contribution in [-0.2, 0) is 6.54 Å². The molecule has 2 aromatic rings. The Morgan fingerprint density at radius 2 is 2.11 bits per heavy atom. The van der Waals surface area contributed by atoms with E-state index in [-0.39, 0.29) is 23.2 Å². The second kappa shape index (κ2) is 5.36. The van der Waals surface area contributed by atoms with Crippen LogP contribution >= 0.6 is 15.9 Å². The normalized spacial score (nSPS) is 10.4. The summed E-state index contributed by atoms with van der Waals surface area (Å²) in [5.74, 6) is -1.68. The van der Waals surface area contributed by atoms with Gasteiger partial charge < -0.3 is 9.67 Å². The van der Waals surface area contributed by atoms with E-state index in [9.17, 15) is 14.0 Å². The summed E-state index contributed by atoms with van der Waals surface area (Å²) >= 11 is 3.09. The van der Waals surface area contributed by atoms with Crippen molar-refractivity contribution in [3.05, 3.63) is 68.3 Å². The van der Waals surface area contributed by atoms with E-state index >= 15 is 0 Å². The van der Waals surface area contributed by atoms with Crippen molar-refractivity contribution in [3.63, 3.8) is 0 Å². The van der Waals surface area contributed by atoms with Gasteiger partial charge in [0.1, 0.15) is 5.82 Å². The van der Waals surface area contributed by atoms with E-state index in [0.717, 1.165) is 6.07 Å². The number of carboxylic acid groups (broad SMARTS) is 1. The number of aromatic nitrogens is 1. The van der Waals surface area contributed by atoms with Crippen LogP contribution in [0, 0.1) is 5.82 Å². The van der Waals surface area contributed by atoms with Crippen LogP contribution in [0.1, 0.15) is 15.9 Å². The Kier molecular flexibility index (Phi) is 3.80. The molecule has 0 bridgehead atoms. The number of hydrogen-bond donors (Lipinski definition) is 1. The van der Waals surface area contributed by atoms with E-state index < -0.39 is 11.8 Å². The molecule has 0 saturated carbocycles. The Bertz CT molecular complexity index is 697. The Labute approximate surface area is 116 Å². The van der Waals surface area contributed by atoms with Crippen LogP contribution in [-0.4, -0.2) is 15.6 Å². The molecule has 0 saturated heterocycles. The van der Waals surface area contributed by atoms with Gasteiger partial charge in [-0.15, -0.1) is 0 Å². The van der Waals surface area contributed by atoms with E-state index in [1.807, 2.05) is 0 Å². The van der Waals surface area contributed by atoms with Gasteiger partial charge in [0.2, 0.25) is 0 Å². The van der Waals surface area contributed by atoms with Crippen molar-refractivity contribution in [2.24, 2.45) is 0 Å². The zero-order chi connectivity index (χ0) is 14.0. The van der Waals surface area contributed by atoms with E-state index in [0.29, 0.717) is 4.47 Å². The van der Waals surface area contributed by atoms with Gasteiger partial charge in [-0.3, -0.25) is 4.79 Å².